The molecule has 2 aromatic carbocycles. The van der Waals surface area contributed by atoms with Crippen molar-refractivity contribution >= 4 is 28.7 Å². The summed E-state index contributed by atoms with van der Waals surface area (Å²) in [7, 11) is 1.78. The van der Waals surface area contributed by atoms with Crippen molar-refractivity contribution in [2.24, 2.45) is 0 Å². The number of aryl methyl sites for hydroxylation is 1. The van der Waals surface area contributed by atoms with Gasteiger partial charge in [0.1, 0.15) is 0 Å². The maximum Gasteiger partial charge on any atom is 0.226 e. The number of Topliss-reactive ketones (excluding diaryl/α,β-unsaturated/α-hetero) is 1. The quantitative estimate of drug-likeness (QED) is 0.544. The van der Waals surface area contributed by atoms with Gasteiger partial charge in [0, 0.05) is 36.5 Å². The lowest BCUT2D eigenvalue weighted by Gasteiger charge is -2.16. The summed E-state index contributed by atoms with van der Waals surface area (Å²) in [5.41, 5.74) is 6.45. The first-order chi connectivity index (χ1) is 13.1. The highest BCUT2D eigenvalue weighted by Crippen LogP contribution is 2.24. The number of hydrogen-bond donors (Lipinski definition) is 0. The van der Waals surface area contributed by atoms with E-state index in [1.807, 2.05) is 60.8 Å². The summed E-state index contributed by atoms with van der Waals surface area (Å²) in [5, 5.41) is 1.98. The molecule has 3 rings (SSSR count). The van der Waals surface area contributed by atoms with E-state index < -0.39 is 0 Å². The molecule has 4 nitrogen and oxygen atoms in total. The Hall–Kier alpha value is -2.79. The van der Waals surface area contributed by atoms with Gasteiger partial charge in [-0.1, -0.05) is 43.3 Å². The molecule has 5 heteroatoms. The Balaban J connectivity index is 1.66. The molecule has 0 fully saturated rings. The molecule has 1 amide bonds. The van der Waals surface area contributed by atoms with E-state index in [2.05, 4.69) is 4.98 Å². The van der Waals surface area contributed by atoms with Crippen LogP contribution in [-0.2, 0) is 11.2 Å². The van der Waals surface area contributed by atoms with Crippen molar-refractivity contribution in [1.82, 2.24) is 4.98 Å². The Bertz CT molecular complexity index is 901. The van der Waals surface area contributed by atoms with Crippen LogP contribution in [0, 0.1) is 0 Å². The van der Waals surface area contributed by atoms with Crippen molar-refractivity contribution < 1.29 is 9.59 Å². The number of benzene rings is 2. The first-order valence-corrected chi connectivity index (χ1v) is 9.90. The minimum Gasteiger partial charge on any atom is -0.316 e. The summed E-state index contributed by atoms with van der Waals surface area (Å²) in [5.74, 6) is 0.216. The van der Waals surface area contributed by atoms with Crippen LogP contribution in [0.25, 0.3) is 11.1 Å². The zero-order chi connectivity index (χ0) is 19.2. The number of nitrogens with zero attached hydrogens (tertiary/aromatic N) is 2. The number of hydrogen-bond acceptors (Lipinski definition) is 4. The summed E-state index contributed by atoms with van der Waals surface area (Å²) < 4.78 is 0. The minimum absolute atomic E-state index is 0.0864. The van der Waals surface area contributed by atoms with Gasteiger partial charge in [0.2, 0.25) is 5.91 Å². The fourth-order valence-corrected chi connectivity index (χ4v) is 3.45. The molecule has 0 aliphatic carbocycles. The fourth-order valence-electron chi connectivity index (χ4n) is 2.85. The second-order valence-corrected chi connectivity index (χ2v) is 7.05. The molecule has 0 bridgehead atoms. The van der Waals surface area contributed by atoms with Crippen LogP contribution in [0.3, 0.4) is 0 Å². The Labute approximate surface area is 163 Å². The monoisotopic (exact) mass is 378 g/mol. The number of rotatable bonds is 7. The van der Waals surface area contributed by atoms with Crippen LogP contribution in [0.4, 0.5) is 5.69 Å². The van der Waals surface area contributed by atoms with Crippen LogP contribution in [0.15, 0.2) is 59.4 Å². The maximum atomic E-state index is 12.3. The third kappa shape index (κ3) is 4.68. The first kappa shape index (κ1) is 19.0. The molecule has 0 aliphatic rings. The van der Waals surface area contributed by atoms with Crippen molar-refractivity contribution in [1.29, 1.82) is 0 Å². The molecule has 0 N–H and O–H groups in total. The summed E-state index contributed by atoms with van der Waals surface area (Å²) in [4.78, 5) is 30.0. The van der Waals surface area contributed by atoms with E-state index in [-0.39, 0.29) is 11.7 Å². The van der Waals surface area contributed by atoms with Crippen molar-refractivity contribution in [2.75, 3.05) is 11.9 Å². The smallest absolute Gasteiger partial charge is 0.226 e. The van der Waals surface area contributed by atoms with Crippen LogP contribution in [0.5, 0.6) is 0 Å². The van der Waals surface area contributed by atoms with Crippen LogP contribution in [0.1, 0.15) is 35.8 Å². The average Bonchev–Trinajstić information content (AvgIpc) is 3.25. The molecule has 3 aromatic rings. The highest BCUT2D eigenvalue weighted by Gasteiger charge is 2.10. The Morgan fingerprint density at radius 1 is 1.00 bits per heavy atom. The molecule has 0 atom stereocenters. The van der Waals surface area contributed by atoms with Gasteiger partial charge >= 0.3 is 0 Å². The number of amides is 1. The number of anilines is 1. The van der Waals surface area contributed by atoms with E-state index in [4.69, 9.17) is 0 Å². The highest BCUT2D eigenvalue weighted by atomic mass is 32.1. The topological polar surface area (TPSA) is 50.3 Å². The summed E-state index contributed by atoms with van der Waals surface area (Å²) in [6.07, 6.45) is 1.63. The fraction of sp³-hybridized carbons (Fsp3) is 0.227. The number of aromatic nitrogens is 1. The van der Waals surface area contributed by atoms with E-state index in [0.717, 1.165) is 28.1 Å². The first-order valence-electron chi connectivity index (χ1n) is 8.96. The minimum atomic E-state index is 0.0864. The highest BCUT2D eigenvalue weighted by molar-refractivity contribution is 7.07. The predicted octanol–water partition coefficient (Wildman–Crippen LogP) is 5.00. The summed E-state index contributed by atoms with van der Waals surface area (Å²) in [6, 6.07) is 15.5. The lowest BCUT2D eigenvalue weighted by atomic mass is 10.0. The van der Waals surface area contributed by atoms with Gasteiger partial charge in [0.25, 0.3) is 0 Å². The van der Waals surface area contributed by atoms with Gasteiger partial charge in [0.05, 0.1) is 11.2 Å². The molecular formula is C22H22N2O2S. The molecule has 0 saturated carbocycles. The molecule has 138 valence electrons. The molecule has 27 heavy (non-hydrogen) atoms. The van der Waals surface area contributed by atoms with Crippen LogP contribution in [0.2, 0.25) is 0 Å². The van der Waals surface area contributed by atoms with Gasteiger partial charge in [-0.3, -0.25) is 9.59 Å². The average molecular weight is 378 g/mol. The second-order valence-electron chi connectivity index (χ2n) is 6.33. The number of carbonyl (C=O) groups is 2. The van der Waals surface area contributed by atoms with E-state index in [0.29, 0.717) is 19.3 Å². The van der Waals surface area contributed by atoms with Crippen molar-refractivity contribution in [3.63, 3.8) is 0 Å². The zero-order valence-electron chi connectivity index (χ0n) is 15.5. The Morgan fingerprint density at radius 3 is 2.19 bits per heavy atom. The van der Waals surface area contributed by atoms with Crippen molar-refractivity contribution in [3.8, 4) is 11.1 Å². The standard InChI is InChI=1S/C22H22N2O2S/c1-3-22(26)24(2)20-11-8-17(9-12-20)16-4-6-18(7-5-16)21(25)13-10-19-14-27-15-23-19/h4-9,11-12,14-15H,3,10,13H2,1-2H3. The Morgan fingerprint density at radius 2 is 1.63 bits per heavy atom. The second kappa shape index (κ2) is 8.73. The molecule has 0 radical (unpaired) electrons. The maximum absolute atomic E-state index is 12.3. The molecule has 0 spiro atoms. The molecule has 1 heterocycles. The SMILES string of the molecule is CCC(=O)N(C)c1ccc(-c2ccc(C(=O)CCc3cscn3)cc2)cc1. The number of thiazole rings is 1. The van der Waals surface area contributed by atoms with Gasteiger partial charge in [-0.15, -0.1) is 11.3 Å². The molecular weight excluding hydrogens is 356 g/mol. The summed E-state index contributed by atoms with van der Waals surface area (Å²) in [6.45, 7) is 1.85. The van der Waals surface area contributed by atoms with Gasteiger partial charge in [-0.25, -0.2) is 4.98 Å². The Kier molecular flexibility index (Phi) is 6.14. The van der Waals surface area contributed by atoms with E-state index >= 15 is 0 Å². The van der Waals surface area contributed by atoms with Crippen molar-refractivity contribution in [3.05, 3.63) is 70.7 Å². The van der Waals surface area contributed by atoms with Gasteiger partial charge in [0.15, 0.2) is 5.78 Å². The largest absolute Gasteiger partial charge is 0.316 e. The third-order valence-corrected chi connectivity index (χ3v) is 5.20. The molecule has 0 unspecified atom stereocenters. The summed E-state index contributed by atoms with van der Waals surface area (Å²) >= 11 is 1.55. The van der Waals surface area contributed by atoms with Gasteiger partial charge in [-0.05, 0) is 29.7 Å². The normalized spacial score (nSPS) is 10.6. The number of ketones is 1. The van der Waals surface area contributed by atoms with Crippen LogP contribution < -0.4 is 4.90 Å². The van der Waals surface area contributed by atoms with Crippen molar-refractivity contribution in [2.45, 2.75) is 26.2 Å². The lowest BCUT2D eigenvalue weighted by Crippen LogP contribution is -2.24. The van der Waals surface area contributed by atoms with E-state index in [9.17, 15) is 9.59 Å². The van der Waals surface area contributed by atoms with Crippen LogP contribution >= 0.6 is 11.3 Å². The number of carbonyl (C=O) groups excluding carboxylic acids is 2. The third-order valence-electron chi connectivity index (χ3n) is 4.56. The van der Waals surface area contributed by atoms with Gasteiger partial charge in [-0.2, -0.15) is 0 Å². The predicted molar refractivity (Wildman–Crippen MR) is 110 cm³/mol. The zero-order valence-corrected chi connectivity index (χ0v) is 16.3. The lowest BCUT2D eigenvalue weighted by molar-refractivity contribution is -0.118. The van der Waals surface area contributed by atoms with Crippen LogP contribution in [-0.4, -0.2) is 23.7 Å². The van der Waals surface area contributed by atoms with Gasteiger partial charge < -0.3 is 4.90 Å². The molecule has 0 aliphatic heterocycles. The van der Waals surface area contributed by atoms with E-state index in [1.165, 1.54) is 0 Å². The molecule has 1 aromatic heterocycles. The molecule has 0 saturated heterocycles. The van der Waals surface area contributed by atoms with E-state index in [1.54, 1.807) is 28.8 Å².